The summed E-state index contributed by atoms with van der Waals surface area (Å²) in [4.78, 5) is 0. The summed E-state index contributed by atoms with van der Waals surface area (Å²) in [5, 5.41) is 0. The molecule has 0 aliphatic heterocycles. The van der Waals surface area contributed by atoms with Crippen LogP contribution in [0.25, 0.3) is 0 Å². The zero-order valence-electron chi connectivity index (χ0n) is 10.6. The van der Waals surface area contributed by atoms with Crippen molar-refractivity contribution in [2.75, 3.05) is 17.3 Å². The molecule has 0 aromatic carbocycles. The van der Waals surface area contributed by atoms with Crippen molar-refractivity contribution in [2.45, 2.75) is 0 Å². The van der Waals surface area contributed by atoms with Gasteiger partial charge >= 0.3 is 88.7 Å². The Kier molecular flexibility index (Phi) is 17.7. The normalized spacial score (nSPS) is 12.0. The predicted molar refractivity (Wildman–Crippen MR) is 47.2 cm³/mol. The van der Waals surface area contributed by atoms with Gasteiger partial charge in [0.15, 0.2) is 0 Å². The van der Waals surface area contributed by atoms with Crippen LogP contribution >= 0.6 is 0 Å². The second-order valence-electron chi connectivity index (χ2n) is 3.04. The summed E-state index contributed by atoms with van der Waals surface area (Å²) >= 11 is 0. The third-order valence-electron chi connectivity index (χ3n) is 1.32. The molecule has 0 aromatic heterocycles. The van der Waals surface area contributed by atoms with Crippen molar-refractivity contribution in [1.82, 2.24) is 0 Å². The minimum absolute atomic E-state index is 0. The molecule has 9 nitrogen and oxygen atoms in total. The molecule has 15 heteroatoms. The maximum Gasteiger partial charge on any atom is 1.00 e. The fourth-order valence-corrected chi connectivity index (χ4v) is 3.90. The van der Waals surface area contributed by atoms with Gasteiger partial charge in [0.25, 0.3) is 0 Å². The van der Waals surface area contributed by atoms with E-state index >= 15 is 0 Å². The van der Waals surface area contributed by atoms with E-state index in [0.29, 0.717) is 0 Å². The van der Waals surface area contributed by atoms with Gasteiger partial charge in [-0.15, -0.1) is 0 Å². The van der Waals surface area contributed by atoms with E-state index in [9.17, 15) is 38.9 Å². The smallest absolute Gasteiger partial charge is 0.748 e. The largest absolute Gasteiger partial charge is 1.00 e. The van der Waals surface area contributed by atoms with Gasteiger partial charge in [-0.3, -0.25) is 0 Å². The van der Waals surface area contributed by atoms with E-state index in [4.69, 9.17) is 0 Å². The molecule has 0 amide bonds. The van der Waals surface area contributed by atoms with Crippen LogP contribution < -0.4 is 88.7 Å². The number of hydrogen-bond acceptors (Lipinski definition) is 9. The molecule has 0 unspecified atom stereocenters. The molecular weight excluding hydrogens is 357 g/mol. The van der Waals surface area contributed by atoms with Crippen LogP contribution in [0.15, 0.2) is 0 Å². The molecule has 0 bridgehead atoms. The van der Waals surface area contributed by atoms with Crippen LogP contribution in [-0.2, 0) is 30.4 Å². The van der Waals surface area contributed by atoms with Gasteiger partial charge in [0.1, 0.15) is 0 Å². The summed E-state index contributed by atoms with van der Waals surface area (Å²) < 4.78 is 92.4. The maximum atomic E-state index is 10.3. The summed E-state index contributed by atoms with van der Waals surface area (Å²) in [5.41, 5.74) is 0. The molecule has 0 rings (SSSR count). The van der Waals surface area contributed by atoms with Gasteiger partial charge in [0.05, 0.1) is 30.4 Å². The molecule has 0 atom stereocenters. The molecule has 0 saturated heterocycles. The molecule has 0 N–H and O–H groups in total. The van der Waals surface area contributed by atoms with Crippen molar-refractivity contribution in [3.63, 3.8) is 0 Å². The van der Waals surface area contributed by atoms with Crippen LogP contribution in [0.1, 0.15) is 0 Å². The Balaban J connectivity index is -0.000000375. The first-order valence-electron chi connectivity index (χ1n) is 3.59. The second kappa shape index (κ2) is 11.3. The second-order valence-corrected chi connectivity index (χ2v) is 7.39. The van der Waals surface area contributed by atoms with Crippen molar-refractivity contribution < 1.29 is 128 Å². The van der Waals surface area contributed by atoms with Gasteiger partial charge in [-0.25, -0.2) is 25.3 Å². The average molecular weight is 364 g/mol. The summed E-state index contributed by atoms with van der Waals surface area (Å²) in [6.45, 7) is 0. The van der Waals surface area contributed by atoms with E-state index in [2.05, 4.69) is 0 Å². The van der Waals surface area contributed by atoms with E-state index in [0.717, 1.165) is 0 Å². The third kappa shape index (κ3) is 23.1. The zero-order valence-corrected chi connectivity index (χ0v) is 19.0. The van der Waals surface area contributed by atoms with Crippen molar-refractivity contribution in [3.05, 3.63) is 0 Å². The predicted octanol–water partition coefficient (Wildman–Crippen LogP) is -11.7. The summed E-state index contributed by atoms with van der Waals surface area (Å²) in [6.07, 6.45) is 0. The molecule has 0 fully saturated rings. The molecule has 0 heterocycles. The van der Waals surface area contributed by atoms with E-state index in [-0.39, 0.29) is 88.7 Å². The minimum Gasteiger partial charge on any atom is -0.748 e. The van der Waals surface area contributed by atoms with Gasteiger partial charge in [-0.1, -0.05) is 0 Å². The van der Waals surface area contributed by atoms with E-state index in [1.165, 1.54) is 0 Å². The summed E-state index contributed by atoms with van der Waals surface area (Å²) in [6, 6.07) is 0. The van der Waals surface area contributed by atoms with Crippen LogP contribution in [0.3, 0.4) is 0 Å². The van der Waals surface area contributed by atoms with Crippen LogP contribution in [0, 0.1) is 5.92 Å². The van der Waals surface area contributed by atoms with E-state index < -0.39 is 53.5 Å². The molecule has 0 radical (unpaired) electrons. The maximum absolute atomic E-state index is 10.3. The summed E-state index contributed by atoms with van der Waals surface area (Å²) in [7, 11) is -14.8. The monoisotopic (exact) mass is 364 g/mol. The fraction of sp³-hybridized carbons (Fsp3) is 1.00. The van der Waals surface area contributed by atoms with E-state index in [1.54, 1.807) is 0 Å². The molecule has 0 aromatic rings. The van der Waals surface area contributed by atoms with Gasteiger partial charge in [-0.05, 0) is 5.92 Å². The standard InChI is InChI=1S/C4H10O9S3.3Na/c5-14(6,7)1-4(2-15(8,9)10)3-16(11,12)13;;;/h4H,1-3H2,(H,5,6,7)(H,8,9,10)(H,11,12,13);;;/q;3*+1/p-3. The van der Waals surface area contributed by atoms with Crippen LogP contribution in [-0.4, -0.2) is 56.2 Å². The summed E-state index contributed by atoms with van der Waals surface area (Å²) in [5.74, 6) is -6.02. The average Bonchev–Trinajstić information content (AvgIpc) is 1.70. The van der Waals surface area contributed by atoms with Crippen LogP contribution in [0.5, 0.6) is 0 Å². The van der Waals surface area contributed by atoms with Gasteiger partial charge in [-0.2, -0.15) is 0 Å². The Bertz CT molecular complexity index is 454. The van der Waals surface area contributed by atoms with Gasteiger partial charge < -0.3 is 13.7 Å². The molecular formula is C4H7Na3O9S3. The third-order valence-corrected chi connectivity index (χ3v) is 3.96. The van der Waals surface area contributed by atoms with Crippen molar-refractivity contribution in [3.8, 4) is 0 Å². The molecule has 0 spiro atoms. The Labute approximate surface area is 178 Å². The topological polar surface area (TPSA) is 172 Å². The number of rotatable bonds is 6. The first-order valence-corrected chi connectivity index (χ1v) is 8.32. The zero-order chi connectivity index (χ0) is 13.2. The molecule has 19 heavy (non-hydrogen) atoms. The first-order chi connectivity index (χ1) is 6.79. The Morgan fingerprint density at radius 1 is 0.579 bits per heavy atom. The van der Waals surface area contributed by atoms with E-state index in [1.807, 2.05) is 0 Å². The molecule has 0 saturated carbocycles. The van der Waals surface area contributed by atoms with Crippen LogP contribution in [0.4, 0.5) is 0 Å². The quantitative estimate of drug-likeness (QED) is 0.327. The number of hydrogen-bond donors (Lipinski definition) is 0. The van der Waals surface area contributed by atoms with Crippen molar-refractivity contribution in [2.24, 2.45) is 5.92 Å². The Morgan fingerprint density at radius 2 is 0.737 bits per heavy atom. The molecule has 0 aliphatic carbocycles. The van der Waals surface area contributed by atoms with Gasteiger partial charge in [0, 0.05) is 17.3 Å². The Hall–Kier alpha value is 2.73. The van der Waals surface area contributed by atoms with Crippen molar-refractivity contribution >= 4 is 30.4 Å². The Morgan fingerprint density at radius 3 is 0.842 bits per heavy atom. The fourth-order valence-electron chi connectivity index (χ4n) is 1.01. The SMILES string of the molecule is O=S(=O)([O-])CC(CS(=O)(=O)[O-])CS(=O)(=O)[O-].[Na+].[Na+].[Na+]. The molecule has 0 aliphatic rings. The van der Waals surface area contributed by atoms with Crippen LogP contribution in [0.2, 0.25) is 0 Å². The van der Waals surface area contributed by atoms with Gasteiger partial charge in [0.2, 0.25) is 0 Å². The van der Waals surface area contributed by atoms with Crippen molar-refractivity contribution in [1.29, 1.82) is 0 Å². The minimum atomic E-state index is -4.92. The first kappa shape index (κ1) is 29.7. The molecule has 98 valence electrons.